The summed E-state index contributed by atoms with van der Waals surface area (Å²) >= 11 is 0. The summed E-state index contributed by atoms with van der Waals surface area (Å²) in [5.74, 6) is -3.75. The van der Waals surface area contributed by atoms with Crippen molar-refractivity contribution in [1.29, 1.82) is 0 Å². The zero-order chi connectivity index (χ0) is 26.9. The monoisotopic (exact) mass is 530 g/mol. The number of allylic oxidation sites excluding steroid dienone is 1. The van der Waals surface area contributed by atoms with Crippen LogP contribution in [-0.2, 0) is 15.6 Å². The van der Waals surface area contributed by atoms with Crippen LogP contribution in [0.3, 0.4) is 0 Å². The summed E-state index contributed by atoms with van der Waals surface area (Å²) in [6, 6.07) is 23.4. The Balaban J connectivity index is 1.54. The van der Waals surface area contributed by atoms with Gasteiger partial charge in [0.05, 0.1) is 22.0 Å². The third-order valence-electron chi connectivity index (χ3n) is 5.93. The molecule has 0 saturated carbocycles. The number of carbonyl (C=O) groups is 2. The highest BCUT2D eigenvalue weighted by atomic mass is 32.2. The molecule has 0 aliphatic carbocycles. The van der Waals surface area contributed by atoms with E-state index in [2.05, 4.69) is 10.6 Å². The molecule has 6 nitrogen and oxygen atoms in total. The Kier molecular flexibility index (Phi) is 6.61. The number of anilines is 2. The van der Waals surface area contributed by atoms with Gasteiger partial charge in [-0.2, -0.15) is 0 Å². The Morgan fingerprint density at radius 1 is 0.658 bits per heavy atom. The van der Waals surface area contributed by atoms with Crippen molar-refractivity contribution >= 4 is 32.8 Å². The van der Waals surface area contributed by atoms with Crippen LogP contribution in [0.1, 0.15) is 26.3 Å². The van der Waals surface area contributed by atoms with Crippen LogP contribution in [0.25, 0.3) is 0 Å². The van der Waals surface area contributed by atoms with Gasteiger partial charge in [0.1, 0.15) is 23.0 Å². The summed E-state index contributed by atoms with van der Waals surface area (Å²) in [4.78, 5) is 26.9. The SMILES string of the molecule is O=C(C(C(=O)c1cc(F)cc(F)c1)=C1Nc2ccc(S(=O)(=O)Cc3ccccc3)cc2N1)c1ccccc1. The number of nitrogens with one attached hydrogen (secondary N) is 2. The highest BCUT2D eigenvalue weighted by Crippen LogP contribution is 2.35. The molecule has 38 heavy (non-hydrogen) atoms. The first-order valence-electron chi connectivity index (χ1n) is 11.5. The van der Waals surface area contributed by atoms with Crippen LogP contribution in [-0.4, -0.2) is 20.0 Å². The molecular weight excluding hydrogens is 510 g/mol. The van der Waals surface area contributed by atoms with E-state index < -0.39 is 33.0 Å². The first kappa shape index (κ1) is 25.0. The number of carbonyl (C=O) groups excluding carboxylic acids is 2. The lowest BCUT2D eigenvalue weighted by Crippen LogP contribution is -2.21. The Morgan fingerprint density at radius 2 is 1.24 bits per heavy atom. The highest BCUT2D eigenvalue weighted by Gasteiger charge is 2.30. The number of Topliss-reactive ketones (excluding diaryl/α,β-unsaturated/α-hetero) is 2. The molecule has 2 N–H and O–H groups in total. The van der Waals surface area contributed by atoms with Gasteiger partial charge in [-0.05, 0) is 35.9 Å². The van der Waals surface area contributed by atoms with Crippen molar-refractivity contribution in [3.05, 3.63) is 137 Å². The molecule has 1 aliphatic heterocycles. The van der Waals surface area contributed by atoms with E-state index in [1.54, 1.807) is 48.5 Å². The third-order valence-corrected chi connectivity index (χ3v) is 7.62. The molecule has 5 rings (SSSR count). The molecule has 1 aliphatic rings. The highest BCUT2D eigenvalue weighted by molar-refractivity contribution is 7.90. The minimum atomic E-state index is -3.70. The predicted octanol–water partition coefficient (Wildman–Crippen LogP) is 5.75. The molecule has 190 valence electrons. The van der Waals surface area contributed by atoms with Crippen LogP contribution in [0.15, 0.2) is 113 Å². The average molecular weight is 531 g/mol. The molecule has 1 heterocycles. The van der Waals surface area contributed by atoms with Crippen molar-refractivity contribution in [3.63, 3.8) is 0 Å². The van der Waals surface area contributed by atoms with E-state index in [0.29, 0.717) is 23.0 Å². The molecule has 9 heteroatoms. The summed E-state index contributed by atoms with van der Waals surface area (Å²) in [6.45, 7) is 0. The van der Waals surface area contributed by atoms with E-state index in [4.69, 9.17) is 0 Å². The summed E-state index contributed by atoms with van der Waals surface area (Å²) in [5, 5.41) is 5.85. The smallest absolute Gasteiger partial charge is 0.200 e. The molecule has 0 unspecified atom stereocenters. The van der Waals surface area contributed by atoms with Crippen molar-refractivity contribution in [1.82, 2.24) is 0 Å². The van der Waals surface area contributed by atoms with Crippen LogP contribution in [0, 0.1) is 11.6 Å². The largest absolute Gasteiger partial charge is 0.339 e. The quantitative estimate of drug-likeness (QED) is 0.137. The van der Waals surface area contributed by atoms with Crippen LogP contribution in [0.2, 0.25) is 0 Å². The van der Waals surface area contributed by atoms with Gasteiger partial charge in [0.2, 0.25) is 11.6 Å². The van der Waals surface area contributed by atoms with E-state index in [0.717, 1.165) is 12.1 Å². The molecule has 0 bridgehead atoms. The molecule has 0 amide bonds. The lowest BCUT2D eigenvalue weighted by molar-refractivity contribution is 0.0960. The van der Waals surface area contributed by atoms with Gasteiger partial charge in [0.25, 0.3) is 0 Å². The van der Waals surface area contributed by atoms with Gasteiger partial charge in [-0.1, -0.05) is 60.7 Å². The molecule has 0 fully saturated rings. The zero-order valence-corrected chi connectivity index (χ0v) is 20.6. The molecule has 0 atom stereocenters. The number of hydrogen-bond acceptors (Lipinski definition) is 6. The lowest BCUT2D eigenvalue weighted by atomic mass is 9.95. The Labute approximate surface area is 217 Å². The Hall–Kier alpha value is -4.63. The number of rotatable bonds is 7. The predicted molar refractivity (Wildman–Crippen MR) is 140 cm³/mol. The van der Waals surface area contributed by atoms with Crippen molar-refractivity contribution < 1.29 is 26.8 Å². The summed E-state index contributed by atoms with van der Waals surface area (Å²) in [6.07, 6.45) is 0. The summed E-state index contributed by atoms with van der Waals surface area (Å²) in [5.41, 5.74) is 0.835. The summed E-state index contributed by atoms with van der Waals surface area (Å²) < 4.78 is 53.9. The van der Waals surface area contributed by atoms with E-state index in [9.17, 15) is 26.8 Å². The number of ketones is 2. The minimum Gasteiger partial charge on any atom is -0.339 e. The molecule has 4 aromatic carbocycles. The normalized spacial score (nSPS) is 13.7. The van der Waals surface area contributed by atoms with Gasteiger partial charge >= 0.3 is 0 Å². The van der Waals surface area contributed by atoms with Crippen LogP contribution in [0.5, 0.6) is 0 Å². The fourth-order valence-electron chi connectivity index (χ4n) is 4.13. The molecule has 0 saturated heterocycles. The van der Waals surface area contributed by atoms with Gasteiger partial charge < -0.3 is 10.6 Å². The van der Waals surface area contributed by atoms with Gasteiger partial charge in [-0.15, -0.1) is 0 Å². The van der Waals surface area contributed by atoms with Crippen molar-refractivity contribution in [3.8, 4) is 0 Å². The minimum absolute atomic E-state index is 0.0267. The van der Waals surface area contributed by atoms with Gasteiger partial charge in [-0.3, -0.25) is 9.59 Å². The molecule has 0 radical (unpaired) electrons. The average Bonchev–Trinajstić information content (AvgIpc) is 3.32. The molecular formula is C29H20F2N2O4S. The Bertz CT molecular complexity index is 1680. The van der Waals surface area contributed by atoms with Crippen LogP contribution < -0.4 is 10.6 Å². The fourth-order valence-corrected chi connectivity index (χ4v) is 5.50. The maximum atomic E-state index is 13.9. The van der Waals surface area contributed by atoms with Crippen LogP contribution in [0.4, 0.5) is 20.2 Å². The second kappa shape index (κ2) is 10.0. The maximum Gasteiger partial charge on any atom is 0.200 e. The van der Waals surface area contributed by atoms with E-state index in [1.165, 1.54) is 30.3 Å². The third kappa shape index (κ3) is 5.09. The lowest BCUT2D eigenvalue weighted by Gasteiger charge is -2.11. The van der Waals surface area contributed by atoms with Crippen molar-refractivity contribution in [2.24, 2.45) is 0 Å². The van der Waals surface area contributed by atoms with E-state index in [1.807, 2.05) is 0 Å². The standard InChI is InChI=1S/C29H20F2N2O4S/c30-21-13-20(14-22(31)15-21)28(35)26(27(34)19-9-5-2-6-10-19)29-32-24-12-11-23(16-25(24)33-29)38(36,37)17-18-7-3-1-4-8-18/h1-16,32-33H,17H2. The van der Waals surface area contributed by atoms with E-state index >= 15 is 0 Å². The first-order chi connectivity index (χ1) is 18.2. The number of sulfone groups is 1. The van der Waals surface area contributed by atoms with Crippen LogP contribution >= 0.6 is 0 Å². The molecule has 4 aromatic rings. The molecule has 0 spiro atoms. The van der Waals surface area contributed by atoms with Gasteiger partial charge in [0.15, 0.2) is 9.84 Å². The maximum absolute atomic E-state index is 13.9. The van der Waals surface area contributed by atoms with Crippen molar-refractivity contribution in [2.75, 3.05) is 10.6 Å². The summed E-state index contributed by atoms with van der Waals surface area (Å²) in [7, 11) is -3.70. The number of hydrogen-bond donors (Lipinski definition) is 2. The second-order valence-electron chi connectivity index (χ2n) is 8.63. The van der Waals surface area contributed by atoms with E-state index in [-0.39, 0.29) is 33.2 Å². The number of benzene rings is 4. The number of halogens is 2. The van der Waals surface area contributed by atoms with Gasteiger partial charge in [-0.25, -0.2) is 17.2 Å². The zero-order valence-electron chi connectivity index (χ0n) is 19.7. The van der Waals surface area contributed by atoms with Crippen molar-refractivity contribution in [2.45, 2.75) is 10.6 Å². The molecule has 0 aromatic heterocycles. The fraction of sp³-hybridized carbons (Fsp3) is 0.0345. The Morgan fingerprint density at radius 3 is 1.89 bits per heavy atom. The number of fused-ring (bicyclic) bond motifs is 1. The first-order valence-corrected chi connectivity index (χ1v) is 13.2. The second-order valence-corrected chi connectivity index (χ2v) is 10.6. The van der Waals surface area contributed by atoms with Gasteiger partial charge in [0, 0.05) is 17.2 Å². The topological polar surface area (TPSA) is 92.3 Å².